The average molecular weight is 290 g/mol. The van der Waals surface area contributed by atoms with Gasteiger partial charge in [-0.3, -0.25) is 4.79 Å². The van der Waals surface area contributed by atoms with Gasteiger partial charge in [-0.1, -0.05) is 30.3 Å². The summed E-state index contributed by atoms with van der Waals surface area (Å²) in [7, 11) is 0. The van der Waals surface area contributed by atoms with Gasteiger partial charge in [0.25, 0.3) is 0 Å². The van der Waals surface area contributed by atoms with Crippen molar-refractivity contribution in [3.05, 3.63) is 35.9 Å². The molecule has 0 aliphatic carbocycles. The largest absolute Gasteiger partial charge is 0.377 e. The summed E-state index contributed by atoms with van der Waals surface area (Å²) >= 11 is 0. The molecule has 4 heteroatoms. The van der Waals surface area contributed by atoms with Crippen LogP contribution in [0.25, 0.3) is 0 Å². The minimum Gasteiger partial charge on any atom is -0.377 e. The van der Waals surface area contributed by atoms with Gasteiger partial charge in [0.15, 0.2) is 0 Å². The zero-order valence-electron chi connectivity index (χ0n) is 12.8. The predicted octanol–water partition coefficient (Wildman–Crippen LogP) is 1.83. The van der Waals surface area contributed by atoms with Gasteiger partial charge in [-0.25, -0.2) is 0 Å². The molecule has 116 valence electrons. The second-order valence-electron chi connectivity index (χ2n) is 5.63. The molecule has 1 aliphatic rings. The quantitative estimate of drug-likeness (QED) is 0.869. The Morgan fingerprint density at radius 2 is 2.19 bits per heavy atom. The van der Waals surface area contributed by atoms with E-state index in [1.165, 1.54) is 5.56 Å². The van der Waals surface area contributed by atoms with Crippen molar-refractivity contribution in [2.75, 3.05) is 26.2 Å². The summed E-state index contributed by atoms with van der Waals surface area (Å²) in [6.45, 7) is 4.63. The number of hydrogen-bond donors (Lipinski definition) is 1. The van der Waals surface area contributed by atoms with Crippen LogP contribution in [-0.2, 0) is 16.0 Å². The Kier molecular flexibility index (Phi) is 6.21. The molecule has 2 unspecified atom stereocenters. The van der Waals surface area contributed by atoms with Gasteiger partial charge < -0.3 is 15.4 Å². The summed E-state index contributed by atoms with van der Waals surface area (Å²) in [5.74, 6) is 0.0403. The lowest BCUT2D eigenvalue weighted by Crippen LogP contribution is -2.47. The maximum absolute atomic E-state index is 12.7. The Morgan fingerprint density at radius 1 is 1.43 bits per heavy atom. The number of likely N-dealkylation sites (tertiary alicyclic amines) is 1. The zero-order chi connectivity index (χ0) is 15.1. The van der Waals surface area contributed by atoms with E-state index in [0.717, 1.165) is 19.4 Å². The third kappa shape index (κ3) is 4.55. The van der Waals surface area contributed by atoms with Crippen molar-refractivity contribution in [3.63, 3.8) is 0 Å². The van der Waals surface area contributed by atoms with Crippen LogP contribution in [-0.4, -0.2) is 43.2 Å². The molecule has 1 heterocycles. The van der Waals surface area contributed by atoms with E-state index in [1.54, 1.807) is 0 Å². The van der Waals surface area contributed by atoms with Gasteiger partial charge in [-0.05, 0) is 31.7 Å². The Morgan fingerprint density at radius 3 is 2.86 bits per heavy atom. The maximum atomic E-state index is 12.7. The molecule has 1 saturated heterocycles. The molecule has 1 fully saturated rings. The van der Waals surface area contributed by atoms with Crippen LogP contribution in [0.2, 0.25) is 0 Å². The van der Waals surface area contributed by atoms with Crippen molar-refractivity contribution in [2.45, 2.75) is 32.3 Å². The van der Waals surface area contributed by atoms with Gasteiger partial charge in [0.1, 0.15) is 0 Å². The maximum Gasteiger partial charge on any atom is 0.227 e. The Hall–Kier alpha value is -1.39. The summed E-state index contributed by atoms with van der Waals surface area (Å²) in [6.07, 6.45) is 2.96. The van der Waals surface area contributed by atoms with Gasteiger partial charge in [0.2, 0.25) is 5.91 Å². The minimum absolute atomic E-state index is 0.132. The Labute approximate surface area is 127 Å². The predicted molar refractivity (Wildman–Crippen MR) is 83.9 cm³/mol. The molecule has 1 aliphatic heterocycles. The van der Waals surface area contributed by atoms with Crippen LogP contribution in [0.4, 0.5) is 0 Å². The van der Waals surface area contributed by atoms with Crippen LogP contribution in [0.1, 0.15) is 25.3 Å². The first-order chi connectivity index (χ1) is 10.2. The van der Waals surface area contributed by atoms with Gasteiger partial charge >= 0.3 is 0 Å². The van der Waals surface area contributed by atoms with Crippen molar-refractivity contribution in [2.24, 2.45) is 11.7 Å². The molecular formula is C17H26N2O2. The molecule has 1 amide bonds. The number of benzene rings is 1. The summed E-state index contributed by atoms with van der Waals surface area (Å²) in [6, 6.07) is 10.1. The summed E-state index contributed by atoms with van der Waals surface area (Å²) in [5.41, 5.74) is 7.01. The molecule has 1 aromatic rings. The molecule has 0 aromatic heterocycles. The van der Waals surface area contributed by atoms with Crippen LogP contribution in [0.3, 0.4) is 0 Å². The molecule has 0 spiro atoms. The lowest BCUT2D eigenvalue weighted by molar-refractivity contribution is -0.139. The summed E-state index contributed by atoms with van der Waals surface area (Å²) < 4.78 is 5.67. The van der Waals surface area contributed by atoms with Gasteiger partial charge in [-0.15, -0.1) is 0 Å². The lowest BCUT2D eigenvalue weighted by Gasteiger charge is -2.34. The van der Waals surface area contributed by atoms with Crippen molar-refractivity contribution in [1.29, 1.82) is 0 Å². The Bertz CT molecular complexity index is 434. The normalized spacial score (nSPS) is 20.3. The molecule has 0 saturated carbocycles. The first kappa shape index (κ1) is 16.0. The van der Waals surface area contributed by atoms with Crippen LogP contribution >= 0.6 is 0 Å². The third-order valence-electron chi connectivity index (χ3n) is 4.05. The minimum atomic E-state index is -0.132. The van der Waals surface area contributed by atoms with E-state index in [2.05, 4.69) is 12.1 Å². The fourth-order valence-corrected chi connectivity index (χ4v) is 2.94. The molecule has 0 bridgehead atoms. The van der Waals surface area contributed by atoms with Gasteiger partial charge in [-0.2, -0.15) is 0 Å². The second kappa shape index (κ2) is 8.15. The second-order valence-corrected chi connectivity index (χ2v) is 5.63. The highest BCUT2D eigenvalue weighted by molar-refractivity contribution is 5.79. The van der Waals surface area contributed by atoms with E-state index in [0.29, 0.717) is 26.1 Å². The standard InChI is InChI=1S/C17H26N2O2/c1-2-21-16-9-6-10-19(13-16)17(20)15(12-18)11-14-7-4-3-5-8-14/h3-5,7-8,15-16H,2,6,9-13,18H2,1H3. The van der Waals surface area contributed by atoms with Crippen molar-refractivity contribution < 1.29 is 9.53 Å². The molecule has 2 atom stereocenters. The third-order valence-corrected chi connectivity index (χ3v) is 4.05. The fraction of sp³-hybridized carbons (Fsp3) is 0.588. The van der Waals surface area contributed by atoms with Crippen LogP contribution in [0, 0.1) is 5.92 Å². The molecule has 2 N–H and O–H groups in total. The number of carbonyl (C=O) groups is 1. The number of rotatable bonds is 6. The smallest absolute Gasteiger partial charge is 0.227 e. The number of hydrogen-bond acceptors (Lipinski definition) is 3. The molecule has 4 nitrogen and oxygen atoms in total. The van der Waals surface area contributed by atoms with E-state index < -0.39 is 0 Å². The van der Waals surface area contributed by atoms with E-state index in [1.807, 2.05) is 30.0 Å². The molecule has 21 heavy (non-hydrogen) atoms. The zero-order valence-corrected chi connectivity index (χ0v) is 12.8. The number of piperidine rings is 1. The van der Waals surface area contributed by atoms with E-state index >= 15 is 0 Å². The van der Waals surface area contributed by atoms with Crippen molar-refractivity contribution >= 4 is 5.91 Å². The van der Waals surface area contributed by atoms with E-state index in [9.17, 15) is 4.79 Å². The van der Waals surface area contributed by atoms with E-state index in [-0.39, 0.29) is 17.9 Å². The van der Waals surface area contributed by atoms with Crippen molar-refractivity contribution in [3.8, 4) is 0 Å². The van der Waals surface area contributed by atoms with Crippen LogP contribution in [0.5, 0.6) is 0 Å². The highest BCUT2D eigenvalue weighted by Gasteiger charge is 2.28. The van der Waals surface area contributed by atoms with Crippen LogP contribution in [0.15, 0.2) is 30.3 Å². The number of carbonyl (C=O) groups excluding carboxylic acids is 1. The fourth-order valence-electron chi connectivity index (χ4n) is 2.94. The first-order valence-electron chi connectivity index (χ1n) is 7.89. The number of ether oxygens (including phenoxy) is 1. The van der Waals surface area contributed by atoms with E-state index in [4.69, 9.17) is 10.5 Å². The number of amides is 1. The lowest BCUT2D eigenvalue weighted by atomic mass is 9.96. The molecule has 2 rings (SSSR count). The molecule has 0 radical (unpaired) electrons. The van der Waals surface area contributed by atoms with Gasteiger partial charge in [0.05, 0.1) is 12.0 Å². The monoisotopic (exact) mass is 290 g/mol. The van der Waals surface area contributed by atoms with Crippen molar-refractivity contribution in [1.82, 2.24) is 4.90 Å². The molecule has 1 aromatic carbocycles. The number of nitrogens with zero attached hydrogens (tertiary/aromatic N) is 1. The summed E-state index contributed by atoms with van der Waals surface area (Å²) in [4.78, 5) is 14.6. The average Bonchev–Trinajstić information content (AvgIpc) is 2.53. The number of nitrogens with two attached hydrogens (primary N) is 1. The summed E-state index contributed by atoms with van der Waals surface area (Å²) in [5, 5.41) is 0. The Balaban J connectivity index is 1.95. The highest BCUT2D eigenvalue weighted by atomic mass is 16.5. The topological polar surface area (TPSA) is 55.6 Å². The SMILES string of the molecule is CCOC1CCCN(C(=O)C(CN)Cc2ccccc2)C1. The first-order valence-corrected chi connectivity index (χ1v) is 7.89. The van der Waals surface area contributed by atoms with Crippen LogP contribution < -0.4 is 5.73 Å². The van der Waals surface area contributed by atoms with Gasteiger partial charge in [0, 0.05) is 26.2 Å². The molecular weight excluding hydrogens is 264 g/mol. The highest BCUT2D eigenvalue weighted by Crippen LogP contribution is 2.17.